The first kappa shape index (κ1) is 16.2. The van der Waals surface area contributed by atoms with E-state index in [-0.39, 0.29) is 6.61 Å². The third kappa shape index (κ3) is 5.59. The molecule has 0 fully saturated rings. The lowest BCUT2D eigenvalue weighted by Crippen LogP contribution is -2.21. The van der Waals surface area contributed by atoms with Crippen LogP contribution in [0.2, 0.25) is 0 Å². The van der Waals surface area contributed by atoms with Crippen LogP contribution < -0.4 is 11.1 Å². The number of hydrogen-bond acceptors (Lipinski definition) is 5. The summed E-state index contributed by atoms with van der Waals surface area (Å²) >= 11 is 17.4. The van der Waals surface area contributed by atoms with Crippen LogP contribution in [0.25, 0.3) is 11.1 Å². The number of hydrogen-bond donors (Lipinski definition) is 2. The van der Waals surface area contributed by atoms with Crippen LogP contribution in [0.4, 0.5) is 15.6 Å². The summed E-state index contributed by atoms with van der Waals surface area (Å²) in [6, 6.07) is 6.05. The number of alkyl halides is 3. The minimum atomic E-state index is -1.60. The Morgan fingerprint density at radius 1 is 1.43 bits per heavy atom. The van der Waals surface area contributed by atoms with Gasteiger partial charge in [0.2, 0.25) is 3.79 Å². The Labute approximate surface area is 140 Å². The van der Waals surface area contributed by atoms with Crippen molar-refractivity contribution in [2.24, 2.45) is 0 Å². The SMILES string of the molecule is Nc1ccc2cc1-2.O=C(Nc1nccs1)OCC(Cl)(Cl)Cl. The first-order chi connectivity index (χ1) is 9.85. The lowest BCUT2D eigenvalue weighted by atomic mass is 10.5. The Hall–Kier alpha value is -1.21. The number of nitrogen functional groups attached to an aromatic ring is 1. The van der Waals surface area contributed by atoms with Gasteiger partial charge < -0.3 is 10.5 Å². The number of nitrogens with two attached hydrogens (primary N) is 1. The van der Waals surface area contributed by atoms with Crippen molar-refractivity contribution in [2.75, 3.05) is 17.7 Å². The molecule has 0 aliphatic heterocycles. The number of halogens is 3. The zero-order chi connectivity index (χ0) is 15.5. The van der Waals surface area contributed by atoms with Crippen LogP contribution in [0.3, 0.4) is 0 Å². The van der Waals surface area contributed by atoms with Gasteiger partial charge in [-0.05, 0) is 17.7 Å². The first-order valence-electron chi connectivity index (χ1n) is 5.65. The van der Waals surface area contributed by atoms with E-state index in [1.165, 1.54) is 22.5 Å². The normalized spacial score (nSPS) is 11.2. The van der Waals surface area contributed by atoms with Crippen molar-refractivity contribution in [3.63, 3.8) is 0 Å². The third-order valence-corrected chi connectivity index (χ3v) is 3.31. The molecule has 112 valence electrons. The van der Waals surface area contributed by atoms with E-state index in [1.54, 1.807) is 11.6 Å². The molecule has 0 saturated heterocycles. The molecule has 5 nitrogen and oxygen atoms in total. The predicted octanol–water partition coefficient (Wildman–Crippen LogP) is 4.31. The van der Waals surface area contributed by atoms with Gasteiger partial charge in [0, 0.05) is 22.8 Å². The number of carbonyl (C=O) groups excluding carboxylic acids is 1. The van der Waals surface area contributed by atoms with E-state index in [0.717, 1.165) is 5.69 Å². The Balaban J connectivity index is 0.000000189. The minimum Gasteiger partial charge on any atom is -0.445 e. The Morgan fingerprint density at radius 3 is 2.57 bits per heavy atom. The van der Waals surface area contributed by atoms with E-state index in [2.05, 4.69) is 21.1 Å². The molecule has 0 aromatic carbocycles. The second-order valence-corrected chi connectivity index (χ2v) is 7.37. The van der Waals surface area contributed by atoms with Crippen LogP contribution in [0, 0.1) is 0 Å². The number of thiazole rings is 1. The third-order valence-electron chi connectivity index (χ3n) is 2.29. The van der Waals surface area contributed by atoms with Gasteiger partial charge in [-0.25, -0.2) is 9.78 Å². The topological polar surface area (TPSA) is 77.2 Å². The lowest BCUT2D eigenvalue weighted by molar-refractivity contribution is 0.164. The molecule has 0 radical (unpaired) electrons. The molecule has 9 heteroatoms. The summed E-state index contributed by atoms with van der Waals surface area (Å²) in [4.78, 5) is 14.8. The van der Waals surface area contributed by atoms with E-state index in [4.69, 9.17) is 40.5 Å². The summed E-state index contributed by atoms with van der Waals surface area (Å²) in [5.74, 6) is 0. The van der Waals surface area contributed by atoms with Crippen molar-refractivity contribution < 1.29 is 9.53 Å². The van der Waals surface area contributed by atoms with Crippen molar-refractivity contribution in [3.8, 4) is 11.1 Å². The summed E-state index contributed by atoms with van der Waals surface area (Å²) in [5, 5.41) is 4.51. The fourth-order valence-electron chi connectivity index (χ4n) is 1.33. The molecule has 2 aliphatic rings. The molecule has 0 saturated carbocycles. The molecule has 2 aliphatic carbocycles. The minimum absolute atomic E-state index is 0.311. The summed E-state index contributed by atoms with van der Waals surface area (Å²) in [5.41, 5.74) is 8.95. The number of aromatic nitrogens is 1. The number of amides is 1. The van der Waals surface area contributed by atoms with Gasteiger partial charge in [-0.3, -0.25) is 5.32 Å². The average molecular weight is 367 g/mol. The average Bonchev–Trinajstić information content (AvgIpc) is 2.84. The fraction of sp³-hybridized carbons (Fsp3) is 0.167. The molecular formula is C12H10Cl3N3O2S. The number of nitrogens with zero attached hydrogens (tertiary/aromatic N) is 1. The number of benzene rings is 1. The van der Waals surface area contributed by atoms with Crippen LogP contribution in [-0.4, -0.2) is 21.5 Å². The summed E-state index contributed by atoms with van der Waals surface area (Å²) < 4.78 is 3.00. The molecule has 0 atom stereocenters. The maximum absolute atomic E-state index is 11.0. The lowest BCUT2D eigenvalue weighted by Gasteiger charge is -2.10. The quantitative estimate of drug-likeness (QED) is 0.523. The number of ether oxygens (including phenoxy) is 1. The molecule has 1 aromatic rings. The maximum Gasteiger partial charge on any atom is 0.413 e. The fourth-order valence-corrected chi connectivity index (χ4v) is 2.01. The first-order valence-corrected chi connectivity index (χ1v) is 7.66. The van der Waals surface area contributed by atoms with Gasteiger partial charge in [-0.15, -0.1) is 11.3 Å². The Bertz CT molecular complexity index is 629. The monoisotopic (exact) mass is 365 g/mol. The predicted molar refractivity (Wildman–Crippen MR) is 87.2 cm³/mol. The van der Waals surface area contributed by atoms with Gasteiger partial charge in [0.25, 0.3) is 0 Å². The van der Waals surface area contributed by atoms with Crippen molar-refractivity contribution in [1.82, 2.24) is 4.98 Å². The van der Waals surface area contributed by atoms with Gasteiger partial charge in [0.1, 0.15) is 6.61 Å². The van der Waals surface area contributed by atoms with Crippen LogP contribution in [0.1, 0.15) is 0 Å². The Morgan fingerprint density at radius 2 is 2.19 bits per heavy atom. The van der Waals surface area contributed by atoms with Crippen molar-refractivity contribution in [3.05, 3.63) is 29.8 Å². The number of carbonyl (C=O) groups is 1. The van der Waals surface area contributed by atoms with E-state index in [0.29, 0.717) is 5.13 Å². The summed E-state index contributed by atoms with van der Waals surface area (Å²) in [7, 11) is 0. The summed E-state index contributed by atoms with van der Waals surface area (Å²) in [6.45, 7) is -0.311. The molecule has 0 unspecified atom stereocenters. The number of nitrogens with one attached hydrogen (secondary N) is 1. The highest BCUT2D eigenvalue weighted by Gasteiger charge is 2.22. The smallest absolute Gasteiger partial charge is 0.413 e. The van der Waals surface area contributed by atoms with Crippen molar-refractivity contribution in [1.29, 1.82) is 0 Å². The highest BCUT2D eigenvalue weighted by molar-refractivity contribution is 7.13. The molecule has 1 aromatic heterocycles. The van der Waals surface area contributed by atoms with Crippen LogP contribution in [0.15, 0.2) is 29.8 Å². The molecule has 0 spiro atoms. The molecule has 0 bridgehead atoms. The van der Waals surface area contributed by atoms with E-state index >= 15 is 0 Å². The van der Waals surface area contributed by atoms with Crippen molar-refractivity contribution in [2.45, 2.75) is 3.79 Å². The van der Waals surface area contributed by atoms with Crippen molar-refractivity contribution >= 4 is 63.1 Å². The number of rotatable bonds is 2. The van der Waals surface area contributed by atoms with E-state index in [9.17, 15) is 4.79 Å². The largest absolute Gasteiger partial charge is 0.445 e. The van der Waals surface area contributed by atoms with Gasteiger partial charge in [0.15, 0.2) is 5.13 Å². The van der Waals surface area contributed by atoms with Gasteiger partial charge >= 0.3 is 6.09 Å². The zero-order valence-corrected chi connectivity index (χ0v) is 13.6. The molecule has 1 amide bonds. The standard InChI is InChI=1S/C6H5Cl3N2O2S.C6H5N/c7-6(8,9)3-13-5(12)11-4-10-1-2-14-4;7-6-2-1-4-3-5(4)6/h1-2H,3H2,(H,10,11,12);1-3H,7H2. The van der Waals surface area contributed by atoms with Gasteiger partial charge in [-0.1, -0.05) is 40.9 Å². The molecule has 3 N–H and O–H groups in total. The second-order valence-electron chi connectivity index (χ2n) is 3.96. The molecule has 1 heterocycles. The number of fused-ring (bicyclic) bond motifs is 1. The highest BCUT2D eigenvalue weighted by Crippen LogP contribution is 2.39. The zero-order valence-electron chi connectivity index (χ0n) is 10.5. The maximum atomic E-state index is 11.0. The Kier molecular flexibility index (Phi) is 5.16. The van der Waals surface area contributed by atoms with Crippen LogP contribution >= 0.6 is 46.1 Å². The van der Waals surface area contributed by atoms with Crippen LogP contribution in [-0.2, 0) is 4.74 Å². The molecule has 21 heavy (non-hydrogen) atoms. The molecule has 3 rings (SSSR count). The number of anilines is 2. The van der Waals surface area contributed by atoms with E-state index < -0.39 is 9.89 Å². The summed E-state index contributed by atoms with van der Waals surface area (Å²) in [6.07, 6.45) is 0.848. The van der Waals surface area contributed by atoms with E-state index in [1.807, 2.05) is 12.1 Å². The van der Waals surface area contributed by atoms with Gasteiger partial charge in [-0.2, -0.15) is 0 Å². The second kappa shape index (κ2) is 6.70. The highest BCUT2D eigenvalue weighted by atomic mass is 35.6. The van der Waals surface area contributed by atoms with Crippen LogP contribution in [0.5, 0.6) is 0 Å². The van der Waals surface area contributed by atoms with Gasteiger partial charge in [0.05, 0.1) is 0 Å². The molecular weight excluding hydrogens is 357 g/mol.